The zero-order chi connectivity index (χ0) is 10.0. The second-order valence-electron chi connectivity index (χ2n) is 5.33. The lowest BCUT2D eigenvalue weighted by Gasteiger charge is -2.33. The van der Waals surface area contributed by atoms with Crippen molar-refractivity contribution in [1.82, 2.24) is 4.90 Å². The van der Waals surface area contributed by atoms with E-state index in [0.717, 1.165) is 12.5 Å². The van der Waals surface area contributed by atoms with E-state index < -0.39 is 0 Å². The van der Waals surface area contributed by atoms with Crippen LogP contribution in [0.2, 0.25) is 0 Å². The molecule has 2 heteroatoms. The Kier molecular flexibility index (Phi) is 3.13. The average Bonchev–Trinajstić information content (AvgIpc) is 3.00. The first kappa shape index (κ1) is 10.4. The maximum absolute atomic E-state index is 5.81. The number of rotatable bonds is 4. The van der Waals surface area contributed by atoms with Gasteiger partial charge in [-0.05, 0) is 56.7 Å². The fourth-order valence-corrected chi connectivity index (χ4v) is 2.63. The predicted molar refractivity (Wildman–Crippen MR) is 60.2 cm³/mol. The van der Waals surface area contributed by atoms with Gasteiger partial charge in [0.25, 0.3) is 0 Å². The summed E-state index contributed by atoms with van der Waals surface area (Å²) in [5.41, 5.74) is 6.35. The largest absolute Gasteiger partial charge is 0.330 e. The van der Waals surface area contributed by atoms with Gasteiger partial charge in [0.15, 0.2) is 0 Å². The number of nitrogens with zero attached hydrogens (tertiary/aromatic N) is 1. The molecule has 0 aromatic carbocycles. The summed E-state index contributed by atoms with van der Waals surface area (Å²) < 4.78 is 0. The highest BCUT2D eigenvalue weighted by Crippen LogP contribution is 2.45. The summed E-state index contributed by atoms with van der Waals surface area (Å²) >= 11 is 0. The smallest absolute Gasteiger partial charge is 0.00501 e. The first-order valence-electron chi connectivity index (χ1n) is 6.20. The van der Waals surface area contributed by atoms with Crippen molar-refractivity contribution >= 4 is 0 Å². The van der Waals surface area contributed by atoms with E-state index >= 15 is 0 Å². The molecule has 1 aliphatic carbocycles. The van der Waals surface area contributed by atoms with Gasteiger partial charge in [0.2, 0.25) is 0 Å². The Hall–Kier alpha value is -0.0800. The Morgan fingerprint density at radius 3 is 2.36 bits per heavy atom. The second-order valence-corrected chi connectivity index (χ2v) is 5.33. The molecular formula is C12H24N2. The molecule has 1 saturated heterocycles. The summed E-state index contributed by atoms with van der Waals surface area (Å²) in [6.07, 6.45) is 6.94. The van der Waals surface area contributed by atoms with Crippen LogP contribution in [0.15, 0.2) is 0 Å². The highest BCUT2D eigenvalue weighted by molar-refractivity contribution is 4.96. The first-order chi connectivity index (χ1) is 6.78. The molecule has 2 nitrogen and oxygen atoms in total. The van der Waals surface area contributed by atoms with Crippen molar-refractivity contribution in [3.05, 3.63) is 0 Å². The van der Waals surface area contributed by atoms with E-state index in [1.54, 1.807) is 0 Å². The number of nitrogens with two attached hydrogens (primary N) is 1. The van der Waals surface area contributed by atoms with Crippen molar-refractivity contribution in [3.8, 4) is 0 Å². The van der Waals surface area contributed by atoms with Crippen LogP contribution in [0.3, 0.4) is 0 Å². The number of likely N-dealkylation sites (tertiary alicyclic amines) is 1. The minimum Gasteiger partial charge on any atom is -0.330 e. The van der Waals surface area contributed by atoms with Crippen LogP contribution < -0.4 is 5.73 Å². The Bertz CT molecular complexity index is 179. The Morgan fingerprint density at radius 1 is 1.29 bits per heavy atom. The summed E-state index contributed by atoms with van der Waals surface area (Å²) in [4.78, 5) is 2.64. The molecule has 0 spiro atoms. The van der Waals surface area contributed by atoms with Crippen molar-refractivity contribution in [3.63, 3.8) is 0 Å². The van der Waals surface area contributed by atoms with Crippen molar-refractivity contribution in [1.29, 1.82) is 0 Å². The lowest BCUT2D eigenvalue weighted by atomic mass is 9.93. The molecular weight excluding hydrogens is 172 g/mol. The van der Waals surface area contributed by atoms with Crippen LogP contribution in [-0.2, 0) is 0 Å². The normalized spacial score (nSPS) is 27.9. The molecule has 82 valence electrons. The van der Waals surface area contributed by atoms with Crippen molar-refractivity contribution in [2.45, 2.75) is 39.0 Å². The van der Waals surface area contributed by atoms with Crippen LogP contribution in [0.4, 0.5) is 0 Å². The molecule has 1 aliphatic heterocycles. The van der Waals surface area contributed by atoms with Crippen molar-refractivity contribution in [2.24, 2.45) is 17.1 Å². The Morgan fingerprint density at radius 2 is 1.93 bits per heavy atom. The Labute approximate surface area is 87.8 Å². The van der Waals surface area contributed by atoms with Crippen LogP contribution in [0.1, 0.15) is 39.0 Å². The topological polar surface area (TPSA) is 29.3 Å². The van der Waals surface area contributed by atoms with Gasteiger partial charge < -0.3 is 10.6 Å². The van der Waals surface area contributed by atoms with Gasteiger partial charge in [-0.15, -0.1) is 0 Å². The van der Waals surface area contributed by atoms with Gasteiger partial charge >= 0.3 is 0 Å². The monoisotopic (exact) mass is 196 g/mol. The molecule has 0 bridgehead atoms. The van der Waals surface area contributed by atoms with Gasteiger partial charge in [-0.2, -0.15) is 0 Å². The molecule has 2 aliphatic rings. The third-order valence-corrected chi connectivity index (χ3v) is 4.23. The second kappa shape index (κ2) is 4.19. The third kappa shape index (κ3) is 2.29. The molecule has 1 saturated carbocycles. The quantitative estimate of drug-likeness (QED) is 0.743. The summed E-state index contributed by atoms with van der Waals surface area (Å²) in [5, 5.41) is 0. The van der Waals surface area contributed by atoms with Crippen LogP contribution >= 0.6 is 0 Å². The molecule has 2 fully saturated rings. The zero-order valence-electron chi connectivity index (χ0n) is 9.47. The maximum Gasteiger partial charge on any atom is 0.00501 e. The fourth-order valence-electron chi connectivity index (χ4n) is 2.63. The fraction of sp³-hybridized carbons (Fsp3) is 1.00. The summed E-state index contributed by atoms with van der Waals surface area (Å²) in [6.45, 7) is 7.14. The standard InChI is InChI=1S/C12H24N2/c1-2-11-3-7-14(8-4-11)10-12(9-13)5-6-12/h11H,2-10,13H2,1H3. The molecule has 0 unspecified atom stereocenters. The summed E-state index contributed by atoms with van der Waals surface area (Å²) in [6, 6.07) is 0. The summed E-state index contributed by atoms with van der Waals surface area (Å²) in [5.74, 6) is 0.999. The minimum absolute atomic E-state index is 0.541. The first-order valence-corrected chi connectivity index (χ1v) is 6.20. The molecule has 0 aromatic rings. The average molecular weight is 196 g/mol. The molecule has 0 radical (unpaired) electrons. The molecule has 14 heavy (non-hydrogen) atoms. The molecule has 0 aromatic heterocycles. The number of piperidine rings is 1. The van der Waals surface area contributed by atoms with Gasteiger partial charge in [0, 0.05) is 6.54 Å². The highest BCUT2D eigenvalue weighted by Gasteiger charge is 2.42. The lowest BCUT2D eigenvalue weighted by molar-refractivity contribution is 0.153. The van der Waals surface area contributed by atoms with Crippen LogP contribution in [0.5, 0.6) is 0 Å². The van der Waals surface area contributed by atoms with Crippen LogP contribution in [0, 0.1) is 11.3 Å². The van der Waals surface area contributed by atoms with E-state index in [1.807, 2.05) is 0 Å². The van der Waals surface area contributed by atoms with E-state index in [2.05, 4.69) is 11.8 Å². The van der Waals surface area contributed by atoms with Crippen molar-refractivity contribution < 1.29 is 0 Å². The minimum atomic E-state index is 0.541. The molecule has 0 atom stereocenters. The predicted octanol–water partition coefficient (Wildman–Crippen LogP) is 1.85. The molecule has 2 rings (SSSR count). The van der Waals surface area contributed by atoms with E-state index in [0.29, 0.717) is 5.41 Å². The number of hydrogen-bond donors (Lipinski definition) is 1. The van der Waals surface area contributed by atoms with Crippen LogP contribution in [0.25, 0.3) is 0 Å². The molecule has 2 N–H and O–H groups in total. The van der Waals surface area contributed by atoms with Gasteiger partial charge in [-0.3, -0.25) is 0 Å². The van der Waals surface area contributed by atoms with Gasteiger partial charge in [0.05, 0.1) is 0 Å². The highest BCUT2D eigenvalue weighted by atomic mass is 15.1. The maximum atomic E-state index is 5.81. The van der Waals surface area contributed by atoms with E-state index in [9.17, 15) is 0 Å². The van der Waals surface area contributed by atoms with Crippen LogP contribution in [-0.4, -0.2) is 31.1 Å². The van der Waals surface area contributed by atoms with E-state index in [4.69, 9.17) is 5.73 Å². The van der Waals surface area contributed by atoms with Gasteiger partial charge in [0.1, 0.15) is 0 Å². The van der Waals surface area contributed by atoms with Crippen molar-refractivity contribution in [2.75, 3.05) is 26.2 Å². The van der Waals surface area contributed by atoms with E-state index in [1.165, 1.54) is 51.7 Å². The van der Waals surface area contributed by atoms with Gasteiger partial charge in [-0.1, -0.05) is 13.3 Å². The lowest BCUT2D eigenvalue weighted by Crippen LogP contribution is -2.39. The SMILES string of the molecule is CCC1CCN(CC2(CN)CC2)CC1. The van der Waals surface area contributed by atoms with Gasteiger partial charge in [-0.25, -0.2) is 0 Å². The molecule has 0 amide bonds. The number of hydrogen-bond acceptors (Lipinski definition) is 2. The summed E-state index contributed by atoms with van der Waals surface area (Å²) in [7, 11) is 0. The molecule has 1 heterocycles. The zero-order valence-corrected chi connectivity index (χ0v) is 9.47. The Balaban J connectivity index is 1.73. The van der Waals surface area contributed by atoms with E-state index in [-0.39, 0.29) is 0 Å². The third-order valence-electron chi connectivity index (χ3n) is 4.23.